The van der Waals surface area contributed by atoms with Gasteiger partial charge in [0.2, 0.25) is 0 Å². The van der Waals surface area contributed by atoms with Gasteiger partial charge in [-0.2, -0.15) is 0 Å². The molecular weight excluding hydrogens is 289 g/mol. The average Bonchev–Trinajstić information content (AvgIpc) is 3.02. The Morgan fingerprint density at radius 2 is 1.96 bits per heavy atom. The van der Waals surface area contributed by atoms with E-state index in [4.69, 9.17) is 10.5 Å². The van der Waals surface area contributed by atoms with Crippen LogP contribution in [0, 0.1) is 5.82 Å². The molecule has 0 fully saturated rings. The number of fused-ring (bicyclic) bond motifs is 1. The van der Waals surface area contributed by atoms with Gasteiger partial charge in [-0.3, -0.25) is 0 Å². The lowest BCUT2D eigenvalue weighted by Crippen LogP contribution is -2.14. The summed E-state index contributed by atoms with van der Waals surface area (Å²) in [5.41, 5.74) is 9.72. The van der Waals surface area contributed by atoms with Crippen LogP contribution in [0.4, 0.5) is 4.39 Å². The molecule has 1 aliphatic rings. The fraction of sp³-hybridized carbons (Fsp3) is 0.400. The van der Waals surface area contributed by atoms with Crippen molar-refractivity contribution in [2.75, 3.05) is 13.2 Å². The number of aryl methyl sites for hydroxylation is 2. The minimum absolute atomic E-state index is 0.189. The lowest BCUT2D eigenvalue weighted by molar-refractivity contribution is 0.301. The zero-order valence-corrected chi connectivity index (χ0v) is 13.4. The van der Waals surface area contributed by atoms with Crippen LogP contribution in [0.3, 0.4) is 0 Å². The van der Waals surface area contributed by atoms with Crippen LogP contribution in [0.2, 0.25) is 0 Å². The van der Waals surface area contributed by atoms with Crippen molar-refractivity contribution in [1.82, 2.24) is 0 Å². The first-order valence-corrected chi connectivity index (χ1v) is 8.46. The molecule has 3 heteroatoms. The minimum Gasteiger partial charge on any atom is -0.494 e. The molecule has 23 heavy (non-hydrogen) atoms. The second kappa shape index (κ2) is 7.60. The molecule has 0 spiro atoms. The van der Waals surface area contributed by atoms with Crippen molar-refractivity contribution in [3.05, 3.63) is 65.0 Å². The zero-order chi connectivity index (χ0) is 16.1. The first kappa shape index (κ1) is 16.0. The summed E-state index contributed by atoms with van der Waals surface area (Å²) < 4.78 is 19.2. The normalized spacial score (nSPS) is 14.5. The molecular formula is C20H24FNO. The Morgan fingerprint density at radius 3 is 2.78 bits per heavy atom. The summed E-state index contributed by atoms with van der Waals surface area (Å²) in [5, 5.41) is 0. The fourth-order valence-corrected chi connectivity index (χ4v) is 3.34. The Morgan fingerprint density at radius 1 is 1.09 bits per heavy atom. The molecule has 2 aromatic carbocycles. The average molecular weight is 313 g/mol. The maximum atomic E-state index is 13.3. The van der Waals surface area contributed by atoms with Crippen LogP contribution in [-0.2, 0) is 12.8 Å². The van der Waals surface area contributed by atoms with Gasteiger partial charge in [0, 0.05) is 0 Å². The van der Waals surface area contributed by atoms with Gasteiger partial charge in [0.15, 0.2) is 0 Å². The molecule has 0 aromatic heterocycles. The molecule has 2 aromatic rings. The highest BCUT2D eigenvalue weighted by Gasteiger charge is 2.12. The topological polar surface area (TPSA) is 35.2 Å². The van der Waals surface area contributed by atoms with E-state index in [1.807, 2.05) is 6.07 Å². The largest absolute Gasteiger partial charge is 0.494 e. The van der Waals surface area contributed by atoms with Gasteiger partial charge in [-0.15, -0.1) is 0 Å². The van der Waals surface area contributed by atoms with E-state index < -0.39 is 0 Å². The molecule has 0 aliphatic heterocycles. The van der Waals surface area contributed by atoms with Crippen molar-refractivity contribution < 1.29 is 9.13 Å². The number of hydrogen-bond donors (Lipinski definition) is 1. The van der Waals surface area contributed by atoms with Gasteiger partial charge < -0.3 is 10.5 Å². The van der Waals surface area contributed by atoms with Crippen molar-refractivity contribution in [2.24, 2.45) is 5.73 Å². The van der Waals surface area contributed by atoms with Crippen molar-refractivity contribution in [2.45, 2.75) is 38.0 Å². The van der Waals surface area contributed by atoms with Crippen molar-refractivity contribution >= 4 is 0 Å². The van der Waals surface area contributed by atoms with Gasteiger partial charge in [-0.25, -0.2) is 4.39 Å². The molecule has 2 N–H and O–H groups in total. The van der Waals surface area contributed by atoms with Gasteiger partial charge in [-0.1, -0.05) is 18.2 Å². The van der Waals surface area contributed by atoms with Crippen LogP contribution in [0.1, 0.15) is 41.9 Å². The van der Waals surface area contributed by atoms with Crippen LogP contribution in [0.5, 0.6) is 5.75 Å². The predicted molar refractivity (Wildman–Crippen MR) is 91.4 cm³/mol. The zero-order valence-electron chi connectivity index (χ0n) is 13.4. The molecule has 0 bridgehead atoms. The molecule has 1 atom stereocenters. The monoisotopic (exact) mass is 313 g/mol. The van der Waals surface area contributed by atoms with Crippen LogP contribution < -0.4 is 10.5 Å². The molecule has 2 nitrogen and oxygen atoms in total. The van der Waals surface area contributed by atoms with E-state index in [1.165, 1.54) is 36.5 Å². The smallest absolute Gasteiger partial charge is 0.123 e. The maximum Gasteiger partial charge on any atom is 0.123 e. The molecule has 122 valence electrons. The summed E-state index contributed by atoms with van der Waals surface area (Å²) in [6, 6.07) is 13.2. The number of halogens is 1. The lowest BCUT2D eigenvalue weighted by atomic mass is 9.94. The summed E-state index contributed by atoms with van der Waals surface area (Å²) in [7, 11) is 0. The first-order chi connectivity index (χ1) is 11.3. The third-order valence-electron chi connectivity index (χ3n) is 4.64. The van der Waals surface area contributed by atoms with Crippen molar-refractivity contribution in [1.29, 1.82) is 0 Å². The molecule has 3 rings (SSSR count). The van der Waals surface area contributed by atoms with E-state index in [0.29, 0.717) is 13.2 Å². The summed E-state index contributed by atoms with van der Waals surface area (Å²) in [6.45, 7) is 1.20. The van der Waals surface area contributed by atoms with Gasteiger partial charge in [0.25, 0.3) is 0 Å². The second-order valence-electron chi connectivity index (χ2n) is 6.26. The second-order valence-corrected chi connectivity index (χ2v) is 6.26. The molecule has 0 amide bonds. The lowest BCUT2D eigenvalue weighted by Gasteiger charge is -2.15. The molecule has 0 radical (unpaired) electrons. The quantitative estimate of drug-likeness (QED) is 0.777. The standard InChI is InChI=1S/C20H24FNO/c21-19-8-2-6-16(12-19)18(14-22)7-3-11-23-20-10-9-15-4-1-5-17(15)13-20/h2,6,8-10,12-13,18H,1,3-5,7,11,14,22H2. The predicted octanol–water partition coefficient (Wildman–Crippen LogP) is 4.22. The Labute approximate surface area is 137 Å². The van der Waals surface area contributed by atoms with E-state index in [-0.39, 0.29) is 11.7 Å². The van der Waals surface area contributed by atoms with E-state index in [0.717, 1.165) is 24.2 Å². The SMILES string of the molecule is NCC(CCCOc1ccc2c(c1)CCC2)c1cccc(F)c1. The highest BCUT2D eigenvalue weighted by Crippen LogP contribution is 2.26. The third-order valence-corrected chi connectivity index (χ3v) is 4.64. The van der Waals surface area contributed by atoms with Gasteiger partial charge >= 0.3 is 0 Å². The number of rotatable bonds is 7. The van der Waals surface area contributed by atoms with Crippen LogP contribution >= 0.6 is 0 Å². The minimum atomic E-state index is -0.199. The molecule has 0 heterocycles. The molecule has 1 aliphatic carbocycles. The molecule has 0 saturated carbocycles. The highest BCUT2D eigenvalue weighted by molar-refractivity contribution is 5.38. The Bertz CT molecular complexity index is 656. The van der Waals surface area contributed by atoms with Crippen molar-refractivity contribution in [3.8, 4) is 5.75 Å². The van der Waals surface area contributed by atoms with E-state index in [9.17, 15) is 4.39 Å². The van der Waals surface area contributed by atoms with Gasteiger partial charge in [0.1, 0.15) is 11.6 Å². The van der Waals surface area contributed by atoms with Crippen LogP contribution in [0.15, 0.2) is 42.5 Å². The number of nitrogens with two attached hydrogens (primary N) is 1. The Kier molecular flexibility index (Phi) is 5.29. The van der Waals surface area contributed by atoms with E-state index in [1.54, 1.807) is 12.1 Å². The Balaban J connectivity index is 1.48. The molecule has 0 saturated heterocycles. The Hall–Kier alpha value is -1.87. The third kappa shape index (κ3) is 4.11. The number of ether oxygens (including phenoxy) is 1. The van der Waals surface area contributed by atoms with E-state index >= 15 is 0 Å². The van der Waals surface area contributed by atoms with Crippen LogP contribution in [-0.4, -0.2) is 13.2 Å². The molecule has 1 unspecified atom stereocenters. The van der Waals surface area contributed by atoms with Gasteiger partial charge in [-0.05, 0) is 85.5 Å². The highest BCUT2D eigenvalue weighted by atomic mass is 19.1. The summed E-state index contributed by atoms with van der Waals surface area (Å²) in [4.78, 5) is 0. The van der Waals surface area contributed by atoms with Gasteiger partial charge in [0.05, 0.1) is 6.61 Å². The first-order valence-electron chi connectivity index (χ1n) is 8.46. The summed E-state index contributed by atoms with van der Waals surface area (Å²) in [6.07, 6.45) is 5.44. The maximum absolute atomic E-state index is 13.3. The van der Waals surface area contributed by atoms with E-state index in [2.05, 4.69) is 18.2 Å². The number of hydrogen-bond acceptors (Lipinski definition) is 2. The summed E-state index contributed by atoms with van der Waals surface area (Å²) >= 11 is 0. The van der Waals surface area contributed by atoms with Crippen LogP contribution in [0.25, 0.3) is 0 Å². The van der Waals surface area contributed by atoms with Crippen molar-refractivity contribution in [3.63, 3.8) is 0 Å². The number of benzene rings is 2. The summed E-state index contributed by atoms with van der Waals surface area (Å²) in [5.74, 6) is 0.949. The fourth-order valence-electron chi connectivity index (χ4n) is 3.34.